The molecule has 7 nitrogen and oxygen atoms in total. The van der Waals surface area contributed by atoms with Crippen molar-refractivity contribution in [3.8, 4) is 17.0 Å². The van der Waals surface area contributed by atoms with Gasteiger partial charge < -0.3 is 10.1 Å². The highest BCUT2D eigenvalue weighted by Gasteiger charge is 2.28. The van der Waals surface area contributed by atoms with Gasteiger partial charge in [0.1, 0.15) is 18.1 Å². The molecule has 0 bridgehead atoms. The molecule has 0 saturated carbocycles. The van der Waals surface area contributed by atoms with Crippen LogP contribution >= 0.6 is 0 Å². The zero-order valence-corrected chi connectivity index (χ0v) is 17.0. The molecule has 0 fully saturated rings. The second kappa shape index (κ2) is 8.41. The van der Waals surface area contributed by atoms with E-state index in [-0.39, 0.29) is 24.4 Å². The maximum atomic E-state index is 12.6. The Kier molecular flexibility index (Phi) is 5.52. The summed E-state index contributed by atoms with van der Waals surface area (Å²) < 4.78 is 6.99. The number of nitrogens with one attached hydrogen (secondary N) is 1. The Hall–Kier alpha value is -3.61. The quantitative estimate of drug-likeness (QED) is 0.685. The molecule has 0 unspecified atom stereocenters. The van der Waals surface area contributed by atoms with Crippen molar-refractivity contribution in [2.45, 2.75) is 25.9 Å². The Labute approximate surface area is 175 Å². The van der Waals surface area contributed by atoms with Crippen LogP contribution < -0.4 is 15.0 Å². The first-order valence-electron chi connectivity index (χ1n) is 9.92. The number of amides is 2. The monoisotopic (exact) mass is 404 g/mol. The smallest absolute Gasteiger partial charge is 0.240 e. The second-order valence-corrected chi connectivity index (χ2v) is 7.27. The van der Waals surface area contributed by atoms with Crippen molar-refractivity contribution >= 4 is 17.6 Å². The van der Waals surface area contributed by atoms with Gasteiger partial charge in [0, 0.05) is 18.1 Å². The molecule has 154 valence electrons. The number of carbonyl (C=O) groups is 2. The van der Waals surface area contributed by atoms with Gasteiger partial charge in [0.05, 0.1) is 25.4 Å². The fourth-order valence-electron chi connectivity index (χ4n) is 3.58. The lowest BCUT2D eigenvalue weighted by Gasteiger charge is -2.27. The number of fused-ring (bicyclic) bond motifs is 1. The molecule has 1 atom stereocenters. The predicted octanol–water partition coefficient (Wildman–Crippen LogP) is 3.17. The molecule has 2 amide bonds. The van der Waals surface area contributed by atoms with E-state index in [0.29, 0.717) is 18.8 Å². The van der Waals surface area contributed by atoms with Gasteiger partial charge in [-0.15, -0.1) is 0 Å². The molecular weight excluding hydrogens is 380 g/mol. The van der Waals surface area contributed by atoms with E-state index in [2.05, 4.69) is 10.4 Å². The van der Waals surface area contributed by atoms with Crippen LogP contribution in [0.2, 0.25) is 0 Å². The number of benzene rings is 2. The fraction of sp³-hybridized carbons (Fsp3) is 0.261. The maximum absolute atomic E-state index is 12.6. The average molecular weight is 404 g/mol. The summed E-state index contributed by atoms with van der Waals surface area (Å²) in [5.74, 6) is 1.12. The van der Waals surface area contributed by atoms with E-state index in [1.807, 2.05) is 67.6 Å². The number of aromatic nitrogens is 2. The predicted molar refractivity (Wildman–Crippen MR) is 114 cm³/mol. The zero-order chi connectivity index (χ0) is 21.1. The summed E-state index contributed by atoms with van der Waals surface area (Å²) in [6.45, 7) is 2.39. The molecule has 1 N–H and O–H groups in total. The topological polar surface area (TPSA) is 76.5 Å². The first kappa shape index (κ1) is 19.7. The van der Waals surface area contributed by atoms with E-state index in [4.69, 9.17) is 4.74 Å². The zero-order valence-electron chi connectivity index (χ0n) is 17.0. The Morgan fingerprint density at radius 3 is 2.60 bits per heavy atom. The van der Waals surface area contributed by atoms with Crippen molar-refractivity contribution in [3.05, 3.63) is 66.2 Å². The van der Waals surface area contributed by atoms with Crippen LogP contribution in [0.25, 0.3) is 11.3 Å². The van der Waals surface area contributed by atoms with Crippen molar-refractivity contribution in [1.82, 2.24) is 15.1 Å². The number of aryl methyl sites for hydroxylation is 1. The van der Waals surface area contributed by atoms with Gasteiger partial charge in [0.2, 0.25) is 11.8 Å². The largest absolute Gasteiger partial charge is 0.497 e. The van der Waals surface area contributed by atoms with Crippen molar-refractivity contribution in [2.75, 3.05) is 18.6 Å². The van der Waals surface area contributed by atoms with Gasteiger partial charge in [-0.3, -0.25) is 14.5 Å². The lowest BCUT2D eigenvalue weighted by Crippen LogP contribution is -2.44. The first-order chi connectivity index (χ1) is 14.5. The molecule has 30 heavy (non-hydrogen) atoms. The highest BCUT2D eigenvalue weighted by atomic mass is 16.5. The average Bonchev–Trinajstić information content (AvgIpc) is 3.21. The third-order valence-corrected chi connectivity index (χ3v) is 5.24. The van der Waals surface area contributed by atoms with E-state index in [0.717, 1.165) is 22.6 Å². The number of anilines is 1. The second-order valence-electron chi connectivity index (χ2n) is 7.27. The van der Waals surface area contributed by atoms with Crippen LogP contribution in [0.5, 0.6) is 5.75 Å². The van der Waals surface area contributed by atoms with Gasteiger partial charge in [0.25, 0.3) is 0 Å². The van der Waals surface area contributed by atoms with Crippen LogP contribution in [0.3, 0.4) is 0 Å². The lowest BCUT2D eigenvalue weighted by molar-refractivity contribution is -0.124. The highest BCUT2D eigenvalue weighted by Crippen LogP contribution is 2.29. The Morgan fingerprint density at radius 1 is 1.17 bits per heavy atom. The molecule has 7 heteroatoms. The van der Waals surface area contributed by atoms with Gasteiger partial charge >= 0.3 is 0 Å². The van der Waals surface area contributed by atoms with Gasteiger partial charge in [-0.2, -0.15) is 5.10 Å². The third kappa shape index (κ3) is 4.05. The lowest BCUT2D eigenvalue weighted by atomic mass is 10.1. The number of ether oxygens (including phenoxy) is 1. The van der Waals surface area contributed by atoms with Crippen LogP contribution in [0, 0.1) is 0 Å². The van der Waals surface area contributed by atoms with E-state index in [1.165, 1.54) is 4.90 Å². The van der Waals surface area contributed by atoms with E-state index in [9.17, 15) is 9.59 Å². The fourth-order valence-corrected chi connectivity index (χ4v) is 3.58. The van der Waals surface area contributed by atoms with E-state index in [1.54, 1.807) is 11.8 Å². The SMILES string of the molecule is COc1ccc(-c2cc3n(n2)CCC(=O)N3CC(=O)N[C@@H](C)c2ccccc2)cc1. The van der Waals surface area contributed by atoms with Crippen molar-refractivity contribution in [2.24, 2.45) is 0 Å². The molecular formula is C23H24N4O3. The first-order valence-corrected chi connectivity index (χ1v) is 9.92. The minimum absolute atomic E-state index is 0.0379. The molecule has 0 radical (unpaired) electrons. The van der Waals surface area contributed by atoms with E-state index < -0.39 is 0 Å². The molecule has 1 aromatic heterocycles. The molecule has 1 aliphatic rings. The van der Waals surface area contributed by atoms with Gasteiger partial charge in [-0.05, 0) is 36.8 Å². The molecule has 1 aliphatic heterocycles. The summed E-state index contributed by atoms with van der Waals surface area (Å²) in [6, 6.07) is 19.0. The van der Waals surface area contributed by atoms with Crippen LogP contribution in [-0.4, -0.2) is 35.2 Å². The van der Waals surface area contributed by atoms with Crippen molar-refractivity contribution in [3.63, 3.8) is 0 Å². The summed E-state index contributed by atoms with van der Waals surface area (Å²) in [7, 11) is 1.62. The molecule has 0 spiro atoms. The molecule has 2 heterocycles. The van der Waals surface area contributed by atoms with Crippen LogP contribution in [0.1, 0.15) is 24.9 Å². The number of carbonyl (C=O) groups excluding carboxylic acids is 2. The summed E-state index contributed by atoms with van der Waals surface area (Å²) >= 11 is 0. The van der Waals surface area contributed by atoms with Gasteiger partial charge in [-0.1, -0.05) is 30.3 Å². The number of hydrogen-bond acceptors (Lipinski definition) is 4. The van der Waals surface area contributed by atoms with Crippen LogP contribution in [-0.2, 0) is 16.1 Å². The van der Waals surface area contributed by atoms with Gasteiger partial charge in [-0.25, -0.2) is 4.68 Å². The van der Waals surface area contributed by atoms with Gasteiger partial charge in [0.15, 0.2) is 0 Å². The summed E-state index contributed by atoms with van der Waals surface area (Å²) in [4.78, 5) is 26.7. The molecule has 4 rings (SSSR count). The van der Waals surface area contributed by atoms with E-state index >= 15 is 0 Å². The van der Waals surface area contributed by atoms with Crippen molar-refractivity contribution < 1.29 is 14.3 Å². The highest BCUT2D eigenvalue weighted by molar-refractivity contribution is 5.99. The summed E-state index contributed by atoms with van der Waals surface area (Å²) in [6.07, 6.45) is 0.318. The molecule has 0 saturated heterocycles. The minimum Gasteiger partial charge on any atom is -0.497 e. The maximum Gasteiger partial charge on any atom is 0.240 e. The molecule has 2 aromatic carbocycles. The standard InChI is InChI=1S/C23H24N4O3/c1-16(17-6-4-3-5-7-17)24-21(28)15-26-22-14-20(25-27(22)13-12-23(26)29)18-8-10-19(30-2)11-9-18/h3-11,14,16H,12-13,15H2,1-2H3,(H,24,28)/t16-/m0/s1. The van der Waals surface area contributed by atoms with Crippen molar-refractivity contribution in [1.29, 1.82) is 0 Å². The summed E-state index contributed by atoms with van der Waals surface area (Å²) in [5, 5.41) is 7.60. The van der Waals surface area contributed by atoms with Crippen LogP contribution in [0.15, 0.2) is 60.7 Å². The molecule has 3 aromatic rings. The summed E-state index contributed by atoms with van der Waals surface area (Å²) in [5.41, 5.74) is 2.69. The normalized spacial score (nSPS) is 14.2. The number of rotatable bonds is 6. The number of methoxy groups -OCH3 is 1. The third-order valence-electron chi connectivity index (χ3n) is 5.24. The Bertz CT molecular complexity index is 1040. The Balaban J connectivity index is 1.51. The molecule has 0 aliphatic carbocycles. The minimum atomic E-state index is -0.208. The Morgan fingerprint density at radius 2 is 1.90 bits per heavy atom. The van der Waals surface area contributed by atoms with Crippen LogP contribution in [0.4, 0.5) is 5.82 Å². The number of hydrogen-bond donors (Lipinski definition) is 1. The number of nitrogens with zero attached hydrogens (tertiary/aromatic N) is 3.